The van der Waals surface area contributed by atoms with Crippen LogP contribution in [0.1, 0.15) is 24.5 Å². The topological polar surface area (TPSA) is 9.23 Å². The zero-order valence-electron chi connectivity index (χ0n) is 17.2. The summed E-state index contributed by atoms with van der Waals surface area (Å²) in [7, 11) is 0. The Kier molecular flexibility index (Phi) is 6.13. The molecule has 0 amide bonds. The van der Waals surface area contributed by atoms with Gasteiger partial charge in [-0.1, -0.05) is 37.0 Å². The second-order valence-electron chi connectivity index (χ2n) is 7.24. The molecule has 0 aliphatic heterocycles. The van der Waals surface area contributed by atoms with Crippen LogP contribution in [0.25, 0.3) is 21.9 Å². The first-order valence-electron chi connectivity index (χ1n) is 10.1. The van der Waals surface area contributed by atoms with Crippen LogP contribution in [0.4, 0.5) is 17.6 Å². The minimum Gasteiger partial charge on any atom is -0.494 e. The van der Waals surface area contributed by atoms with Crippen molar-refractivity contribution < 1.29 is 22.3 Å². The maximum atomic E-state index is 14.5. The average Bonchev–Trinajstić information content (AvgIpc) is 2.80. The molecule has 0 aliphatic carbocycles. The van der Waals surface area contributed by atoms with Crippen LogP contribution in [0.15, 0.2) is 66.7 Å². The highest BCUT2D eigenvalue weighted by atomic mass is 19.2. The van der Waals surface area contributed by atoms with Gasteiger partial charge in [0.2, 0.25) is 0 Å². The molecular formula is C27H18F4O. The van der Waals surface area contributed by atoms with E-state index in [-0.39, 0.29) is 16.6 Å². The summed E-state index contributed by atoms with van der Waals surface area (Å²) >= 11 is 0. The van der Waals surface area contributed by atoms with Gasteiger partial charge in [0, 0.05) is 28.1 Å². The lowest BCUT2D eigenvalue weighted by Crippen LogP contribution is -1.96. The summed E-state index contributed by atoms with van der Waals surface area (Å²) < 4.78 is 60.6. The summed E-state index contributed by atoms with van der Waals surface area (Å²) in [6, 6.07) is 17.2. The first-order valence-corrected chi connectivity index (χ1v) is 10.1. The molecule has 0 unspecified atom stereocenters. The molecule has 4 aromatic rings. The Morgan fingerprint density at radius 2 is 1.44 bits per heavy atom. The van der Waals surface area contributed by atoms with Gasteiger partial charge in [0.05, 0.1) is 6.61 Å². The van der Waals surface area contributed by atoms with Crippen LogP contribution in [0.5, 0.6) is 5.75 Å². The van der Waals surface area contributed by atoms with Gasteiger partial charge in [-0.3, -0.25) is 0 Å². The molecule has 0 N–H and O–H groups in total. The molecule has 32 heavy (non-hydrogen) atoms. The van der Waals surface area contributed by atoms with Crippen molar-refractivity contribution in [1.29, 1.82) is 0 Å². The van der Waals surface area contributed by atoms with E-state index in [0.717, 1.165) is 12.5 Å². The van der Waals surface area contributed by atoms with Gasteiger partial charge in [0.15, 0.2) is 17.5 Å². The van der Waals surface area contributed by atoms with Crippen molar-refractivity contribution in [3.63, 3.8) is 0 Å². The van der Waals surface area contributed by atoms with Crippen molar-refractivity contribution in [2.24, 2.45) is 0 Å². The lowest BCUT2D eigenvalue weighted by molar-refractivity contribution is 0.316. The van der Waals surface area contributed by atoms with Crippen molar-refractivity contribution in [1.82, 2.24) is 0 Å². The number of hydrogen-bond donors (Lipinski definition) is 0. The summed E-state index contributed by atoms with van der Waals surface area (Å²) in [6.07, 6.45) is 0.845. The standard InChI is InChI=1S/C27H18F4O/c1-2-13-32-21-10-12-22(24(28)16-21)19-8-5-17(6-9-19)3-4-18-7-11-23-20(14-18)15-25(29)27(31)26(23)30/h5-12,14-16H,2,13H2,1H3. The molecule has 0 fully saturated rings. The molecule has 0 saturated carbocycles. The zero-order valence-corrected chi connectivity index (χ0v) is 17.2. The summed E-state index contributed by atoms with van der Waals surface area (Å²) in [5.41, 5.74) is 2.38. The summed E-state index contributed by atoms with van der Waals surface area (Å²) in [6.45, 7) is 2.51. The fourth-order valence-electron chi connectivity index (χ4n) is 3.30. The van der Waals surface area contributed by atoms with Crippen LogP contribution in [0.3, 0.4) is 0 Å². The highest BCUT2D eigenvalue weighted by Gasteiger charge is 2.13. The van der Waals surface area contributed by atoms with Crippen molar-refractivity contribution in [2.45, 2.75) is 13.3 Å². The molecule has 0 saturated heterocycles. The zero-order chi connectivity index (χ0) is 22.7. The van der Waals surface area contributed by atoms with Gasteiger partial charge >= 0.3 is 0 Å². The molecule has 0 heterocycles. The Labute approximate surface area is 183 Å². The Balaban J connectivity index is 1.56. The summed E-state index contributed by atoms with van der Waals surface area (Å²) in [5, 5.41) is 0.220. The lowest BCUT2D eigenvalue weighted by Gasteiger charge is -2.08. The van der Waals surface area contributed by atoms with Crippen molar-refractivity contribution in [3.8, 4) is 28.7 Å². The molecule has 0 bridgehead atoms. The summed E-state index contributed by atoms with van der Waals surface area (Å²) in [4.78, 5) is 0. The van der Waals surface area contributed by atoms with Gasteiger partial charge < -0.3 is 4.74 Å². The molecule has 1 nitrogen and oxygen atoms in total. The smallest absolute Gasteiger partial charge is 0.195 e. The molecular weight excluding hydrogens is 416 g/mol. The van der Waals surface area contributed by atoms with Crippen LogP contribution in [-0.4, -0.2) is 6.61 Å². The summed E-state index contributed by atoms with van der Waals surface area (Å²) in [5.74, 6) is 2.07. The van der Waals surface area contributed by atoms with Crippen molar-refractivity contribution in [2.75, 3.05) is 6.61 Å². The molecule has 0 spiro atoms. The molecule has 0 atom stereocenters. The Hall–Kier alpha value is -3.78. The molecule has 0 aromatic heterocycles. The van der Waals surface area contributed by atoms with E-state index in [2.05, 4.69) is 11.8 Å². The number of ether oxygens (including phenoxy) is 1. The quantitative estimate of drug-likeness (QED) is 0.187. The SMILES string of the molecule is CCCOc1ccc(-c2ccc(C#Cc3ccc4c(F)c(F)c(F)cc4c3)cc2)c(F)c1. The molecule has 5 heteroatoms. The normalized spacial score (nSPS) is 10.7. The van der Waals surface area contributed by atoms with Crippen LogP contribution in [0.2, 0.25) is 0 Å². The fraction of sp³-hybridized carbons (Fsp3) is 0.111. The predicted molar refractivity (Wildman–Crippen MR) is 117 cm³/mol. The van der Waals surface area contributed by atoms with Crippen molar-refractivity contribution >= 4 is 10.8 Å². The number of benzene rings is 4. The third kappa shape index (κ3) is 4.45. The third-order valence-corrected chi connectivity index (χ3v) is 4.93. The van der Waals surface area contributed by atoms with E-state index < -0.39 is 17.5 Å². The van der Waals surface area contributed by atoms with Gasteiger partial charge in [0.1, 0.15) is 11.6 Å². The van der Waals surface area contributed by atoms with Gasteiger partial charge in [-0.25, -0.2) is 17.6 Å². The average molecular weight is 434 g/mol. The van der Waals surface area contributed by atoms with E-state index in [0.29, 0.717) is 34.6 Å². The number of halogens is 4. The van der Waals surface area contributed by atoms with Gasteiger partial charge in [-0.05, 0) is 59.8 Å². The van der Waals surface area contributed by atoms with E-state index in [9.17, 15) is 17.6 Å². The molecule has 4 rings (SSSR count). The Bertz CT molecular complexity index is 1350. The predicted octanol–water partition coefficient (Wildman–Crippen LogP) is 7.25. The Morgan fingerprint density at radius 1 is 0.719 bits per heavy atom. The molecule has 4 aromatic carbocycles. The third-order valence-electron chi connectivity index (χ3n) is 4.93. The second kappa shape index (κ2) is 9.15. The first kappa shape index (κ1) is 21.5. The number of fused-ring (bicyclic) bond motifs is 1. The second-order valence-corrected chi connectivity index (χ2v) is 7.24. The van der Waals surface area contributed by atoms with E-state index in [4.69, 9.17) is 4.74 Å². The number of hydrogen-bond acceptors (Lipinski definition) is 1. The maximum absolute atomic E-state index is 14.5. The van der Waals surface area contributed by atoms with E-state index >= 15 is 0 Å². The lowest BCUT2D eigenvalue weighted by atomic mass is 10.0. The largest absolute Gasteiger partial charge is 0.494 e. The maximum Gasteiger partial charge on any atom is 0.195 e. The Morgan fingerprint density at radius 3 is 2.16 bits per heavy atom. The van der Waals surface area contributed by atoms with Crippen LogP contribution in [-0.2, 0) is 0 Å². The van der Waals surface area contributed by atoms with Gasteiger partial charge in [-0.15, -0.1) is 0 Å². The minimum absolute atomic E-state index is 0.00746. The van der Waals surface area contributed by atoms with Gasteiger partial charge in [0.25, 0.3) is 0 Å². The fourth-order valence-corrected chi connectivity index (χ4v) is 3.30. The van der Waals surface area contributed by atoms with Crippen LogP contribution >= 0.6 is 0 Å². The minimum atomic E-state index is -1.49. The molecule has 0 radical (unpaired) electrons. The monoisotopic (exact) mass is 434 g/mol. The van der Waals surface area contributed by atoms with E-state index in [1.54, 1.807) is 42.5 Å². The van der Waals surface area contributed by atoms with Crippen molar-refractivity contribution in [3.05, 3.63) is 101 Å². The molecule has 0 aliphatic rings. The van der Waals surface area contributed by atoms with Crippen LogP contribution < -0.4 is 4.74 Å². The van der Waals surface area contributed by atoms with Crippen LogP contribution in [0, 0.1) is 35.1 Å². The molecule has 160 valence electrons. The van der Waals surface area contributed by atoms with Gasteiger partial charge in [-0.2, -0.15) is 0 Å². The first-order chi connectivity index (χ1) is 15.5. The van der Waals surface area contributed by atoms with E-state index in [1.807, 2.05) is 6.92 Å². The highest BCUT2D eigenvalue weighted by molar-refractivity contribution is 5.84. The van der Waals surface area contributed by atoms with E-state index in [1.165, 1.54) is 18.2 Å². The number of rotatable bonds is 4. The highest BCUT2D eigenvalue weighted by Crippen LogP contribution is 2.27.